The molecule has 0 radical (unpaired) electrons. The maximum Gasteiger partial charge on any atom is 0.321 e. The Labute approximate surface area is 210 Å². The second-order valence-corrected chi connectivity index (χ2v) is 8.78. The Morgan fingerprint density at radius 2 is 1.92 bits per heavy atom. The number of urea groups is 1. The van der Waals surface area contributed by atoms with Gasteiger partial charge in [0.15, 0.2) is 0 Å². The van der Waals surface area contributed by atoms with Gasteiger partial charge >= 0.3 is 6.03 Å². The molecular formula is C27H30N6O3. The van der Waals surface area contributed by atoms with E-state index in [9.17, 15) is 4.79 Å². The zero-order valence-corrected chi connectivity index (χ0v) is 20.6. The van der Waals surface area contributed by atoms with Crippen LogP contribution < -0.4 is 15.0 Å². The molecular weight excluding hydrogens is 456 g/mol. The summed E-state index contributed by atoms with van der Waals surface area (Å²) in [6.07, 6.45) is 2.50. The van der Waals surface area contributed by atoms with Gasteiger partial charge in [-0.3, -0.25) is 0 Å². The first-order valence-corrected chi connectivity index (χ1v) is 12.3. The Morgan fingerprint density at radius 1 is 1.06 bits per heavy atom. The number of aryl methyl sites for hydroxylation is 1. The highest BCUT2D eigenvalue weighted by atomic mass is 16.5. The quantitative estimate of drug-likeness (QED) is 0.410. The summed E-state index contributed by atoms with van der Waals surface area (Å²) in [6, 6.07) is 17.2. The number of hydrogen-bond donors (Lipinski definition) is 1. The van der Waals surface area contributed by atoms with Crippen molar-refractivity contribution in [3.8, 4) is 17.0 Å². The van der Waals surface area contributed by atoms with E-state index in [-0.39, 0.29) is 6.03 Å². The molecule has 1 saturated heterocycles. The van der Waals surface area contributed by atoms with E-state index in [1.165, 1.54) is 0 Å². The van der Waals surface area contributed by atoms with Gasteiger partial charge in [0.1, 0.15) is 28.5 Å². The molecule has 0 saturated carbocycles. The number of fused-ring (bicyclic) bond motifs is 1. The van der Waals surface area contributed by atoms with Crippen molar-refractivity contribution >= 4 is 28.6 Å². The standard InChI is InChI=1S/C27H30N6O3/c1-3-9-22-29-25(23-24(31-36-26(23)30-22)19-10-5-4-6-11-19)32-14-8-15-33(17-16-32)27(34)28-20-12-7-13-21(18-20)35-2/h4-7,10-13,18H,3,8-9,14-17H2,1-2H3,(H,28,34). The van der Waals surface area contributed by atoms with Gasteiger partial charge in [0.2, 0.25) is 0 Å². The maximum atomic E-state index is 13.0. The van der Waals surface area contributed by atoms with Crippen molar-refractivity contribution in [3.63, 3.8) is 0 Å². The maximum absolute atomic E-state index is 13.0. The fraction of sp³-hybridized carbons (Fsp3) is 0.333. The Balaban J connectivity index is 1.40. The number of nitrogens with zero attached hydrogens (tertiary/aromatic N) is 5. The van der Waals surface area contributed by atoms with Gasteiger partial charge in [-0.1, -0.05) is 48.5 Å². The van der Waals surface area contributed by atoms with Crippen molar-refractivity contribution in [1.82, 2.24) is 20.0 Å². The average Bonchev–Trinajstić information content (AvgIpc) is 3.17. The first-order chi connectivity index (χ1) is 17.7. The molecule has 4 aromatic rings. The lowest BCUT2D eigenvalue weighted by atomic mass is 10.1. The van der Waals surface area contributed by atoms with Crippen LogP contribution in [-0.4, -0.2) is 59.3 Å². The number of nitrogens with one attached hydrogen (secondary N) is 1. The molecule has 1 fully saturated rings. The third kappa shape index (κ3) is 4.95. The van der Waals surface area contributed by atoms with Crippen LogP contribution in [0, 0.1) is 0 Å². The molecule has 0 aliphatic carbocycles. The number of hydrogen-bond acceptors (Lipinski definition) is 7. The minimum absolute atomic E-state index is 0.125. The number of rotatable bonds is 6. The van der Waals surface area contributed by atoms with Gasteiger partial charge in [-0.05, 0) is 25.0 Å². The molecule has 0 bridgehead atoms. The van der Waals surface area contributed by atoms with E-state index in [0.29, 0.717) is 36.8 Å². The molecule has 2 aromatic heterocycles. The highest BCUT2D eigenvalue weighted by molar-refractivity contribution is 5.98. The van der Waals surface area contributed by atoms with Crippen LogP contribution in [0.4, 0.5) is 16.3 Å². The summed E-state index contributed by atoms with van der Waals surface area (Å²) in [7, 11) is 1.61. The predicted molar refractivity (Wildman–Crippen MR) is 139 cm³/mol. The van der Waals surface area contributed by atoms with Crippen molar-refractivity contribution in [3.05, 3.63) is 60.4 Å². The predicted octanol–water partition coefficient (Wildman–Crippen LogP) is 4.99. The molecule has 0 spiro atoms. The third-order valence-electron chi connectivity index (χ3n) is 6.29. The van der Waals surface area contributed by atoms with Crippen LogP contribution in [0.3, 0.4) is 0 Å². The van der Waals surface area contributed by atoms with E-state index in [0.717, 1.165) is 54.1 Å². The van der Waals surface area contributed by atoms with E-state index in [1.807, 2.05) is 59.5 Å². The van der Waals surface area contributed by atoms with Crippen LogP contribution in [0.15, 0.2) is 59.1 Å². The second kappa shape index (κ2) is 10.6. The van der Waals surface area contributed by atoms with Gasteiger partial charge in [0.05, 0.1) is 7.11 Å². The molecule has 1 aliphatic rings. The molecule has 0 unspecified atom stereocenters. The van der Waals surface area contributed by atoms with Crippen LogP contribution in [0.2, 0.25) is 0 Å². The SMILES string of the molecule is CCCc1nc(N2CCCN(C(=O)Nc3cccc(OC)c3)CC2)c2c(-c3ccccc3)noc2n1. The third-order valence-corrected chi connectivity index (χ3v) is 6.29. The first-order valence-electron chi connectivity index (χ1n) is 12.3. The molecule has 1 aliphatic heterocycles. The van der Waals surface area contributed by atoms with Crippen molar-refractivity contribution in [2.45, 2.75) is 26.2 Å². The Kier molecular flexibility index (Phi) is 6.97. The van der Waals surface area contributed by atoms with Gasteiger partial charge in [0.25, 0.3) is 5.71 Å². The van der Waals surface area contributed by atoms with E-state index in [4.69, 9.17) is 14.2 Å². The van der Waals surface area contributed by atoms with Gasteiger partial charge in [0, 0.05) is 49.9 Å². The summed E-state index contributed by atoms with van der Waals surface area (Å²) in [5, 5.41) is 8.16. The van der Waals surface area contributed by atoms with Crippen molar-refractivity contribution in [1.29, 1.82) is 0 Å². The summed E-state index contributed by atoms with van der Waals surface area (Å²) in [5.41, 5.74) is 2.90. The minimum Gasteiger partial charge on any atom is -0.497 e. The van der Waals surface area contributed by atoms with Crippen molar-refractivity contribution in [2.75, 3.05) is 43.5 Å². The van der Waals surface area contributed by atoms with Gasteiger partial charge in [-0.25, -0.2) is 9.78 Å². The largest absolute Gasteiger partial charge is 0.497 e. The van der Waals surface area contributed by atoms with Crippen LogP contribution in [-0.2, 0) is 6.42 Å². The number of methoxy groups -OCH3 is 1. The van der Waals surface area contributed by atoms with Gasteiger partial charge in [-0.2, -0.15) is 4.98 Å². The summed E-state index contributed by atoms with van der Waals surface area (Å²) in [4.78, 5) is 26.7. The molecule has 5 rings (SSSR count). The summed E-state index contributed by atoms with van der Waals surface area (Å²) in [5.74, 6) is 2.26. The molecule has 36 heavy (non-hydrogen) atoms. The topological polar surface area (TPSA) is 96.6 Å². The number of benzene rings is 2. The molecule has 9 nitrogen and oxygen atoms in total. The average molecular weight is 487 g/mol. The van der Waals surface area contributed by atoms with Gasteiger partial charge in [-0.15, -0.1) is 0 Å². The van der Waals surface area contributed by atoms with E-state index in [1.54, 1.807) is 7.11 Å². The molecule has 3 heterocycles. The number of carbonyl (C=O) groups is 1. The van der Waals surface area contributed by atoms with Crippen LogP contribution in [0.1, 0.15) is 25.6 Å². The lowest BCUT2D eigenvalue weighted by Crippen LogP contribution is -2.38. The highest BCUT2D eigenvalue weighted by Gasteiger charge is 2.25. The van der Waals surface area contributed by atoms with E-state index in [2.05, 4.69) is 27.3 Å². The smallest absolute Gasteiger partial charge is 0.321 e. The summed E-state index contributed by atoms with van der Waals surface area (Å²) < 4.78 is 11.0. The molecule has 186 valence electrons. The Bertz CT molecular complexity index is 1340. The molecule has 2 amide bonds. The van der Waals surface area contributed by atoms with Crippen molar-refractivity contribution in [2.24, 2.45) is 0 Å². The molecule has 2 aromatic carbocycles. The monoisotopic (exact) mass is 486 g/mol. The zero-order chi connectivity index (χ0) is 24.9. The van der Waals surface area contributed by atoms with Crippen molar-refractivity contribution < 1.29 is 14.1 Å². The lowest BCUT2D eigenvalue weighted by Gasteiger charge is -2.24. The van der Waals surface area contributed by atoms with Gasteiger partial charge < -0.3 is 24.4 Å². The fourth-order valence-corrected chi connectivity index (χ4v) is 4.47. The fourth-order valence-electron chi connectivity index (χ4n) is 4.47. The number of carbonyl (C=O) groups excluding carboxylic acids is 1. The van der Waals surface area contributed by atoms with Crippen LogP contribution in [0.25, 0.3) is 22.4 Å². The Morgan fingerprint density at radius 3 is 2.72 bits per heavy atom. The molecule has 1 N–H and O–H groups in total. The number of ether oxygens (including phenoxy) is 1. The molecule has 9 heteroatoms. The molecule has 0 atom stereocenters. The van der Waals surface area contributed by atoms with E-state index >= 15 is 0 Å². The van der Waals surface area contributed by atoms with E-state index < -0.39 is 0 Å². The second-order valence-electron chi connectivity index (χ2n) is 8.78. The minimum atomic E-state index is -0.125. The normalized spacial score (nSPS) is 14.1. The van der Waals surface area contributed by atoms with Crippen LogP contribution in [0.5, 0.6) is 5.75 Å². The number of amides is 2. The number of aromatic nitrogens is 3. The lowest BCUT2D eigenvalue weighted by molar-refractivity contribution is 0.215. The first kappa shape index (κ1) is 23.6. The zero-order valence-electron chi connectivity index (χ0n) is 20.6. The Hall–Kier alpha value is -4.14. The van der Waals surface area contributed by atoms with Crippen LogP contribution >= 0.6 is 0 Å². The summed E-state index contributed by atoms with van der Waals surface area (Å²) >= 11 is 0. The highest BCUT2D eigenvalue weighted by Crippen LogP contribution is 2.34. The number of anilines is 2. The summed E-state index contributed by atoms with van der Waals surface area (Å²) in [6.45, 7) is 4.73.